The number of nitrogens with zero attached hydrogens (tertiary/aromatic N) is 1. The van der Waals surface area contributed by atoms with Crippen molar-refractivity contribution in [2.24, 2.45) is 5.92 Å². The topological polar surface area (TPSA) is 20.2 Å². The second-order valence-corrected chi connectivity index (χ2v) is 6.31. The standard InChI is InChI=1S/C13H26NO/c1-10(2)11-7-8-13(3,15)12(9-11)14(4,5)6/h11-12,15H,1,7-9H2,2-6H3/q+1/t11-,12-,13-/m1/s1. The number of quaternary nitrogens is 1. The lowest BCUT2D eigenvalue weighted by Gasteiger charge is -2.47. The summed E-state index contributed by atoms with van der Waals surface area (Å²) in [4.78, 5) is 0. The number of aliphatic hydroxyl groups is 1. The number of likely N-dealkylation sites (N-methyl/N-ethyl adjacent to an activating group) is 1. The monoisotopic (exact) mass is 212 g/mol. The van der Waals surface area contributed by atoms with Crippen molar-refractivity contribution in [3.8, 4) is 0 Å². The minimum absolute atomic E-state index is 0.313. The zero-order chi connectivity index (χ0) is 11.9. The van der Waals surface area contributed by atoms with E-state index in [1.807, 2.05) is 6.92 Å². The zero-order valence-corrected chi connectivity index (χ0v) is 10.9. The maximum absolute atomic E-state index is 10.4. The summed E-state index contributed by atoms with van der Waals surface area (Å²) in [5, 5.41) is 10.4. The third-order valence-electron chi connectivity index (χ3n) is 3.86. The Hall–Kier alpha value is -0.340. The molecule has 0 spiro atoms. The van der Waals surface area contributed by atoms with Crippen LogP contribution in [-0.2, 0) is 0 Å². The van der Waals surface area contributed by atoms with Crippen LogP contribution in [0.15, 0.2) is 12.2 Å². The number of hydrogen-bond donors (Lipinski definition) is 1. The molecule has 0 aromatic carbocycles. The fraction of sp³-hybridized carbons (Fsp3) is 0.846. The van der Waals surface area contributed by atoms with Gasteiger partial charge in [-0.15, -0.1) is 0 Å². The van der Waals surface area contributed by atoms with Gasteiger partial charge in [0, 0.05) is 6.42 Å². The van der Waals surface area contributed by atoms with Gasteiger partial charge in [-0.05, 0) is 32.6 Å². The van der Waals surface area contributed by atoms with Gasteiger partial charge in [-0.3, -0.25) is 0 Å². The lowest BCUT2D eigenvalue weighted by atomic mass is 9.73. The van der Waals surface area contributed by atoms with Gasteiger partial charge in [-0.2, -0.15) is 0 Å². The van der Waals surface area contributed by atoms with Crippen molar-refractivity contribution in [2.45, 2.75) is 44.8 Å². The van der Waals surface area contributed by atoms with Crippen molar-refractivity contribution in [3.05, 3.63) is 12.2 Å². The van der Waals surface area contributed by atoms with E-state index in [-0.39, 0.29) is 0 Å². The van der Waals surface area contributed by atoms with Gasteiger partial charge in [-0.25, -0.2) is 0 Å². The van der Waals surface area contributed by atoms with E-state index in [9.17, 15) is 5.11 Å². The molecule has 0 aromatic rings. The van der Waals surface area contributed by atoms with Crippen LogP contribution in [0.5, 0.6) is 0 Å². The van der Waals surface area contributed by atoms with Crippen molar-refractivity contribution in [1.29, 1.82) is 0 Å². The SMILES string of the molecule is C=C(C)[C@@H]1CC[C@@](C)(O)[C@H]([N+](C)(C)C)C1. The predicted octanol–water partition coefficient (Wildman–Crippen LogP) is 2.19. The van der Waals surface area contributed by atoms with Gasteiger partial charge in [0.2, 0.25) is 0 Å². The highest BCUT2D eigenvalue weighted by Gasteiger charge is 2.45. The summed E-state index contributed by atoms with van der Waals surface area (Å²) in [6.45, 7) is 8.14. The molecule has 0 bridgehead atoms. The molecule has 0 saturated heterocycles. The molecule has 0 radical (unpaired) electrons. The molecule has 1 saturated carbocycles. The summed E-state index contributed by atoms with van der Waals surface area (Å²) < 4.78 is 0.830. The fourth-order valence-corrected chi connectivity index (χ4v) is 2.87. The summed E-state index contributed by atoms with van der Waals surface area (Å²) in [7, 11) is 6.50. The summed E-state index contributed by atoms with van der Waals surface area (Å²) >= 11 is 0. The van der Waals surface area contributed by atoms with Crippen LogP contribution in [0.4, 0.5) is 0 Å². The van der Waals surface area contributed by atoms with E-state index in [2.05, 4.69) is 34.6 Å². The van der Waals surface area contributed by atoms with Gasteiger partial charge >= 0.3 is 0 Å². The molecule has 2 heteroatoms. The molecule has 1 rings (SSSR count). The second-order valence-electron chi connectivity index (χ2n) is 6.31. The zero-order valence-electron chi connectivity index (χ0n) is 10.9. The van der Waals surface area contributed by atoms with Crippen LogP contribution in [-0.4, -0.2) is 42.4 Å². The maximum Gasteiger partial charge on any atom is 0.118 e. The fourth-order valence-electron chi connectivity index (χ4n) is 2.87. The molecule has 88 valence electrons. The minimum atomic E-state index is -0.524. The molecule has 2 nitrogen and oxygen atoms in total. The van der Waals surface area contributed by atoms with Crippen LogP contribution in [0.3, 0.4) is 0 Å². The smallest absolute Gasteiger partial charge is 0.118 e. The van der Waals surface area contributed by atoms with Crippen LogP contribution in [0.1, 0.15) is 33.1 Å². The highest BCUT2D eigenvalue weighted by molar-refractivity contribution is 5.03. The Bertz CT molecular complexity index is 250. The molecule has 0 heterocycles. The summed E-state index contributed by atoms with van der Waals surface area (Å²) in [5.41, 5.74) is 0.744. The van der Waals surface area contributed by atoms with E-state index in [1.165, 1.54) is 5.57 Å². The van der Waals surface area contributed by atoms with Crippen molar-refractivity contribution in [3.63, 3.8) is 0 Å². The molecule has 15 heavy (non-hydrogen) atoms. The molecule has 0 aliphatic heterocycles. The molecule has 0 unspecified atom stereocenters. The summed E-state index contributed by atoms with van der Waals surface area (Å²) in [6, 6.07) is 0.313. The van der Waals surface area contributed by atoms with E-state index in [1.54, 1.807) is 0 Å². The molecular weight excluding hydrogens is 186 g/mol. The Labute approximate surface area is 94.2 Å². The molecule has 1 fully saturated rings. The normalized spacial score (nSPS) is 37.7. The van der Waals surface area contributed by atoms with Crippen molar-refractivity contribution in [1.82, 2.24) is 0 Å². The number of hydrogen-bond acceptors (Lipinski definition) is 1. The van der Waals surface area contributed by atoms with Crippen molar-refractivity contribution < 1.29 is 9.59 Å². The third kappa shape index (κ3) is 2.82. The summed E-state index contributed by atoms with van der Waals surface area (Å²) in [6.07, 6.45) is 3.04. The van der Waals surface area contributed by atoms with Gasteiger partial charge in [0.15, 0.2) is 0 Å². The Balaban J connectivity index is 2.84. The predicted molar refractivity (Wildman–Crippen MR) is 64.6 cm³/mol. The quantitative estimate of drug-likeness (QED) is 0.549. The highest BCUT2D eigenvalue weighted by atomic mass is 16.3. The average Bonchev–Trinajstić information content (AvgIpc) is 2.00. The van der Waals surface area contributed by atoms with Gasteiger partial charge in [0.05, 0.1) is 21.1 Å². The molecule has 1 aliphatic carbocycles. The number of allylic oxidation sites excluding steroid dienone is 1. The Kier molecular flexibility index (Phi) is 3.32. The van der Waals surface area contributed by atoms with E-state index in [0.29, 0.717) is 12.0 Å². The minimum Gasteiger partial charge on any atom is -0.384 e. The first-order valence-corrected chi connectivity index (χ1v) is 5.83. The van der Waals surface area contributed by atoms with Gasteiger partial charge < -0.3 is 9.59 Å². The van der Waals surface area contributed by atoms with Crippen LogP contribution in [0.2, 0.25) is 0 Å². The lowest BCUT2D eigenvalue weighted by molar-refractivity contribution is -0.905. The van der Waals surface area contributed by atoms with Gasteiger partial charge in [0.25, 0.3) is 0 Å². The van der Waals surface area contributed by atoms with Crippen molar-refractivity contribution >= 4 is 0 Å². The average molecular weight is 212 g/mol. The molecule has 0 amide bonds. The van der Waals surface area contributed by atoms with Crippen molar-refractivity contribution in [2.75, 3.05) is 21.1 Å². The summed E-state index contributed by atoms with van der Waals surface area (Å²) in [5.74, 6) is 0.590. The van der Waals surface area contributed by atoms with E-state index in [0.717, 1.165) is 23.7 Å². The van der Waals surface area contributed by atoms with Gasteiger partial charge in [-0.1, -0.05) is 12.2 Å². The largest absolute Gasteiger partial charge is 0.384 e. The van der Waals surface area contributed by atoms with Gasteiger partial charge in [0.1, 0.15) is 11.6 Å². The lowest BCUT2D eigenvalue weighted by Crippen LogP contribution is -2.60. The van der Waals surface area contributed by atoms with E-state index < -0.39 is 5.60 Å². The van der Waals surface area contributed by atoms with Crippen LogP contribution in [0.25, 0.3) is 0 Å². The Morgan fingerprint density at radius 3 is 2.33 bits per heavy atom. The Morgan fingerprint density at radius 2 is 1.93 bits per heavy atom. The van der Waals surface area contributed by atoms with E-state index >= 15 is 0 Å². The molecule has 1 aliphatic rings. The van der Waals surface area contributed by atoms with Crippen LogP contribution in [0, 0.1) is 5.92 Å². The highest BCUT2D eigenvalue weighted by Crippen LogP contribution is 2.38. The molecule has 0 aromatic heterocycles. The second kappa shape index (κ2) is 3.91. The van der Waals surface area contributed by atoms with Crippen LogP contribution < -0.4 is 0 Å². The first-order valence-electron chi connectivity index (χ1n) is 5.83. The molecule has 1 N–H and O–H groups in total. The molecular formula is C13H26NO+. The first-order chi connectivity index (χ1) is 6.64. The Morgan fingerprint density at radius 1 is 1.40 bits per heavy atom. The third-order valence-corrected chi connectivity index (χ3v) is 3.86. The number of rotatable bonds is 2. The van der Waals surface area contributed by atoms with Crippen LogP contribution >= 0.6 is 0 Å². The maximum atomic E-state index is 10.4. The van der Waals surface area contributed by atoms with E-state index in [4.69, 9.17) is 0 Å². The first kappa shape index (κ1) is 12.7. The molecule has 3 atom stereocenters.